The van der Waals surface area contributed by atoms with Gasteiger partial charge in [0, 0.05) is 6.42 Å². The molecule has 0 aliphatic heterocycles. The minimum absolute atomic E-state index is 0.0926. The number of carbonyl (C=O) groups excluding carboxylic acids is 4. The van der Waals surface area contributed by atoms with E-state index in [0.29, 0.717) is 5.56 Å². The van der Waals surface area contributed by atoms with Gasteiger partial charge in [-0.25, -0.2) is 14.5 Å². The van der Waals surface area contributed by atoms with Gasteiger partial charge in [0.1, 0.15) is 18.7 Å². The van der Waals surface area contributed by atoms with E-state index in [9.17, 15) is 53.7 Å². The van der Waals surface area contributed by atoms with Crippen molar-refractivity contribution in [1.82, 2.24) is 15.5 Å². The standard InChI is InChI=1S/C25H32N4O14/c1-12(30)20(28-22(38)15(7-8-17(31)32)27-21(37)14(26)9-18(33)34)23(39)29(16(24(40)41)10-19(35)36)25(42)43-11-13-5-3-2-4-6-13/h2-6,12,14-16,20,30H,7-11,26H2,1H3,(H,27,37)(H,28,38)(H,31,32)(H,33,34)(H,35,36)(H,40,41). The number of benzene rings is 1. The molecule has 1 aromatic rings. The average molecular weight is 613 g/mol. The first-order valence-corrected chi connectivity index (χ1v) is 12.5. The largest absolute Gasteiger partial charge is 0.481 e. The average Bonchev–Trinajstić information content (AvgIpc) is 2.91. The van der Waals surface area contributed by atoms with Crippen LogP contribution in [0.3, 0.4) is 0 Å². The molecule has 0 aliphatic carbocycles. The van der Waals surface area contributed by atoms with Crippen LogP contribution in [0, 0.1) is 0 Å². The maximum atomic E-state index is 13.5. The molecule has 0 bridgehead atoms. The van der Waals surface area contributed by atoms with Crippen LogP contribution >= 0.6 is 0 Å². The number of nitrogens with one attached hydrogen (secondary N) is 2. The van der Waals surface area contributed by atoms with Crippen molar-refractivity contribution >= 4 is 47.7 Å². The van der Waals surface area contributed by atoms with Crippen LogP contribution in [-0.4, -0.2) is 108 Å². The van der Waals surface area contributed by atoms with Gasteiger partial charge >= 0.3 is 30.0 Å². The number of carboxylic acids is 4. The summed E-state index contributed by atoms with van der Waals surface area (Å²) in [5.74, 6) is -10.6. The summed E-state index contributed by atoms with van der Waals surface area (Å²) in [7, 11) is 0. The lowest BCUT2D eigenvalue weighted by Crippen LogP contribution is -2.62. The lowest BCUT2D eigenvalue weighted by atomic mass is 10.1. The van der Waals surface area contributed by atoms with Crippen molar-refractivity contribution in [1.29, 1.82) is 0 Å². The first-order valence-electron chi connectivity index (χ1n) is 12.5. The van der Waals surface area contributed by atoms with Crippen LogP contribution in [-0.2, 0) is 44.9 Å². The predicted octanol–water partition coefficient (Wildman–Crippen LogP) is -1.90. The van der Waals surface area contributed by atoms with Gasteiger partial charge in [-0.3, -0.25) is 28.8 Å². The van der Waals surface area contributed by atoms with Gasteiger partial charge in [-0.15, -0.1) is 0 Å². The molecule has 0 heterocycles. The molecule has 0 aliphatic rings. The number of carbonyl (C=O) groups is 8. The highest BCUT2D eigenvalue weighted by Gasteiger charge is 2.43. The number of rotatable bonds is 17. The van der Waals surface area contributed by atoms with Crippen LogP contribution in [0.1, 0.15) is 38.2 Å². The fourth-order valence-corrected chi connectivity index (χ4v) is 3.50. The van der Waals surface area contributed by atoms with Crippen molar-refractivity contribution < 1.29 is 68.6 Å². The van der Waals surface area contributed by atoms with E-state index in [1.54, 1.807) is 18.2 Å². The SMILES string of the molecule is CC(O)C(NC(=O)C(CCC(=O)O)NC(=O)C(N)CC(=O)O)C(=O)N(C(=O)OCc1ccccc1)C(CC(=O)O)C(=O)O. The van der Waals surface area contributed by atoms with Gasteiger partial charge in [0.05, 0.1) is 25.0 Å². The van der Waals surface area contributed by atoms with Gasteiger partial charge in [-0.05, 0) is 18.9 Å². The molecule has 0 spiro atoms. The Hall–Kier alpha value is -5.10. The van der Waals surface area contributed by atoms with E-state index < -0.39 is 110 Å². The molecular formula is C25H32N4O14. The molecule has 1 rings (SSSR count). The molecule has 1 aromatic carbocycles. The third-order valence-electron chi connectivity index (χ3n) is 5.66. The Labute approximate surface area is 243 Å². The first-order chi connectivity index (χ1) is 20.0. The monoisotopic (exact) mass is 612 g/mol. The number of aliphatic hydroxyl groups excluding tert-OH is 1. The number of amides is 4. The minimum Gasteiger partial charge on any atom is -0.481 e. The number of hydrogen-bond acceptors (Lipinski definition) is 11. The molecule has 0 saturated heterocycles. The molecule has 0 aromatic heterocycles. The van der Waals surface area contributed by atoms with E-state index in [4.69, 9.17) is 20.7 Å². The van der Waals surface area contributed by atoms with Crippen LogP contribution in [0.15, 0.2) is 30.3 Å². The molecule has 0 saturated carbocycles. The molecule has 0 radical (unpaired) electrons. The maximum Gasteiger partial charge on any atom is 0.417 e. The second-order valence-electron chi connectivity index (χ2n) is 9.13. The van der Waals surface area contributed by atoms with Gasteiger partial charge in [0.15, 0.2) is 6.04 Å². The number of imide groups is 1. The Bertz CT molecular complexity index is 1210. The summed E-state index contributed by atoms with van der Waals surface area (Å²) in [6.07, 6.45) is -6.96. The van der Waals surface area contributed by atoms with Gasteiger partial charge in [0.2, 0.25) is 11.8 Å². The van der Waals surface area contributed by atoms with E-state index in [2.05, 4.69) is 0 Å². The summed E-state index contributed by atoms with van der Waals surface area (Å²) < 4.78 is 5.01. The van der Waals surface area contributed by atoms with Crippen LogP contribution in [0.2, 0.25) is 0 Å². The number of nitrogens with zero attached hydrogens (tertiary/aromatic N) is 1. The fourth-order valence-electron chi connectivity index (χ4n) is 3.50. The van der Waals surface area contributed by atoms with E-state index in [1.165, 1.54) is 12.1 Å². The Morgan fingerprint density at radius 2 is 1.44 bits per heavy atom. The van der Waals surface area contributed by atoms with Crippen molar-refractivity contribution in [2.75, 3.05) is 0 Å². The number of nitrogens with two attached hydrogens (primary N) is 1. The van der Waals surface area contributed by atoms with Crippen LogP contribution < -0.4 is 16.4 Å². The van der Waals surface area contributed by atoms with Gasteiger partial charge < -0.3 is 46.6 Å². The summed E-state index contributed by atoms with van der Waals surface area (Å²) in [4.78, 5) is 96.9. The van der Waals surface area contributed by atoms with Crippen LogP contribution in [0.4, 0.5) is 4.79 Å². The lowest BCUT2D eigenvalue weighted by molar-refractivity contribution is -0.155. The highest BCUT2D eigenvalue weighted by Crippen LogP contribution is 2.15. The highest BCUT2D eigenvalue weighted by molar-refractivity contribution is 6.02. The summed E-state index contributed by atoms with van der Waals surface area (Å²) in [5.41, 5.74) is 5.88. The molecule has 5 unspecified atom stereocenters. The van der Waals surface area contributed by atoms with E-state index in [0.717, 1.165) is 6.92 Å². The third-order valence-corrected chi connectivity index (χ3v) is 5.66. The van der Waals surface area contributed by atoms with Gasteiger partial charge in [-0.2, -0.15) is 0 Å². The predicted molar refractivity (Wildman–Crippen MR) is 140 cm³/mol. The van der Waals surface area contributed by atoms with Crippen molar-refractivity contribution in [2.24, 2.45) is 5.73 Å². The van der Waals surface area contributed by atoms with Crippen molar-refractivity contribution in [2.45, 2.75) is 69.5 Å². The molecule has 5 atom stereocenters. The van der Waals surface area contributed by atoms with Crippen molar-refractivity contribution in [3.8, 4) is 0 Å². The molecule has 9 N–H and O–H groups in total. The summed E-state index contributed by atoms with van der Waals surface area (Å²) in [5, 5.41) is 51.0. The van der Waals surface area contributed by atoms with Gasteiger partial charge in [-0.1, -0.05) is 30.3 Å². The number of hydrogen-bond donors (Lipinski definition) is 8. The van der Waals surface area contributed by atoms with E-state index >= 15 is 0 Å². The summed E-state index contributed by atoms with van der Waals surface area (Å²) >= 11 is 0. The molecule has 18 nitrogen and oxygen atoms in total. The second kappa shape index (κ2) is 17.0. The van der Waals surface area contributed by atoms with Crippen molar-refractivity contribution in [3.63, 3.8) is 0 Å². The van der Waals surface area contributed by atoms with E-state index in [1.807, 2.05) is 10.6 Å². The maximum absolute atomic E-state index is 13.5. The molecule has 4 amide bonds. The number of aliphatic carboxylic acids is 4. The molecule has 0 fully saturated rings. The zero-order valence-electron chi connectivity index (χ0n) is 22.7. The fraction of sp³-hybridized carbons (Fsp3) is 0.440. The molecule has 236 valence electrons. The lowest BCUT2D eigenvalue weighted by Gasteiger charge is -2.31. The Balaban J connectivity index is 3.36. The quantitative estimate of drug-likeness (QED) is 0.0952. The van der Waals surface area contributed by atoms with E-state index in [-0.39, 0.29) is 4.90 Å². The number of aliphatic hydroxyl groups is 1. The molecule has 18 heteroatoms. The Morgan fingerprint density at radius 3 is 1.93 bits per heavy atom. The summed E-state index contributed by atoms with van der Waals surface area (Å²) in [6, 6.07) is -0.0495. The summed E-state index contributed by atoms with van der Waals surface area (Å²) in [6.45, 7) is 0.478. The van der Waals surface area contributed by atoms with Gasteiger partial charge in [0.25, 0.3) is 5.91 Å². The third kappa shape index (κ3) is 12.1. The second-order valence-corrected chi connectivity index (χ2v) is 9.13. The molecular weight excluding hydrogens is 580 g/mol. The smallest absolute Gasteiger partial charge is 0.417 e. The first kappa shape index (κ1) is 35.9. The normalized spacial score (nSPS) is 14.1. The van der Waals surface area contributed by atoms with Crippen LogP contribution in [0.25, 0.3) is 0 Å². The Morgan fingerprint density at radius 1 is 0.860 bits per heavy atom. The zero-order valence-corrected chi connectivity index (χ0v) is 22.7. The van der Waals surface area contributed by atoms with Crippen LogP contribution in [0.5, 0.6) is 0 Å². The molecule has 43 heavy (non-hydrogen) atoms. The zero-order chi connectivity index (χ0) is 32.9. The number of carboxylic acid groups (broad SMARTS) is 4. The van der Waals surface area contributed by atoms with Crippen molar-refractivity contribution in [3.05, 3.63) is 35.9 Å². The highest BCUT2D eigenvalue weighted by atomic mass is 16.6. The number of ether oxygens (including phenoxy) is 1. The minimum atomic E-state index is -2.36. The Kier molecular flexibility index (Phi) is 14.2. The topological polar surface area (TPSA) is 300 Å².